The van der Waals surface area contributed by atoms with Gasteiger partial charge in [-0.05, 0) is 31.9 Å². The summed E-state index contributed by atoms with van der Waals surface area (Å²) in [6, 6.07) is 2.39. The molecule has 0 spiro atoms. The molecule has 0 aliphatic heterocycles. The smallest absolute Gasteiger partial charge is 0.266 e. The van der Waals surface area contributed by atoms with Crippen LogP contribution in [0.3, 0.4) is 0 Å². The maximum absolute atomic E-state index is 12.9. The van der Waals surface area contributed by atoms with Gasteiger partial charge in [-0.1, -0.05) is 6.42 Å². The maximum atomic E-state index is 12.9. The number of hydrogen-bond acceptors (Lipinski definition) is 5. The molecule has 154 valence electrons. The van der Waals surface area contributed by atoms with Gasteiger partial charge in [0.1, 0.15) is 23.4 Å². The Hall–Kier alpha value is -3.30. The lowest BCUT2D eigenvalue weighted by Gasteiger charge is -2.25. The maximum Gasteiger partial charge on any atom is 0.417 e. The highest BCUT2D eigenvalue weighted by Crippen LogP contribution is 2.41. The van der Waals surface area contributed by atoms with Gasteiger partial charge in [-0.15, -0.1) is 0 Å². The Morgan fingerprint density at radius 1 is 1.07 bits per heavy atom. The zero-order chi connectivity index (χ0) is 21.0. The van der Waals surface area contributed by atoms with Crippen LogP contribution in [-0.2, 0) is 13.2 Å². The first-order valence-corrected chi connectivity index (χ1v) is 9.61. The fourth-order valence-corrected chi connectivity index (χ4v) is 3.88. The standard InChI is InChI=1S/C20H18F3N7/c1-11-28-17(19-16(12-4-3-5-12)25-10-27-30(11)19)14-9-26-29(2)18(14)15-7-6-13(8-24-15)20(21,22)23/h6-10,12H,3-5H2,1-2H3. The third-order valence-electron chi connectivity index (χ3n) is 5.64. The van der Waals surface area contributed by atoms with Crippen molar-refractivity contribution in [1.82, 2.24) is 34.3 Å². The molecular weight excluding hydrogens is 395 g/mol. The van der Waals surface area contributed by atoms with Crippen LogP contribution in [0.5, 0.6) is 0 Å². The largest absolute Gasteiger partial charge is 0.417 e. The van der Waals surface area contributed by atoms with E-state index in [9.17, 15) is 13.2 Å². The van der Waals surface area contributed by atoms with Crippen molar-refractivity contribution in [3.8, 4) is 22.6 Å². The zero-order valence-corrected chi connectivity index (χ0v) is 16.3. The second-order valence-corrected chi connectivity index (χ2v) is 7.50. The number of aryl methyl sites for hydroxylation is 2. The van der Waals surface area contributed by atoms with Gasteiger partial charge < -0.3 is 0 Å². The van der Waals surface area contributed by atoms with Crippen molar-refractivity contribution in [3.05, 3.63) is 47.9 Å². The van der Waals surface area contributed by atoms with E-state index < -0.39 is 11.7 Å². The monoisotopic (exact) mass is 413 g/mol. The van der Waals surface area contributed by atoms with Gasteiger partial charge in [0.2, 0.25) is 0 Å². The Kier molecular flexibility index (Phi) is 4.12. The van der Waals surface area contributed by atoms with Crippen LogP contribution < -0.4 is 0 Å². The highest BCUT2D eigenvalue weighted by Gasteiger charge is 2.32. The van der Waals surface area contributed by atoms with Gasteiger partial charge in [0.05, 0.1) is 34.4 Å². The summed E-state index contributed by atoms with van der Waals surface area (Å²) in [5, 5.41) is 8.68. The van der Waals surface area contributed by atoms with E-state index in [0.717, 1.165) is 42.7 Å². The third kappa shape index (κ3) is 2.86. The number of hydrogen-bond donors (Lipinski definition) is 0. The molecule has 4 aromatic rings. The van der Waals surface area contributed by atoms with Gasteiger partial charge in [-0.2, -0.15) is 23.4 Å². The second-order valence-electron chi connectivity index (χ2n) is 7.50. The molecule has 1 saturated carbocycles. The number of nitrogens with zero attached hydrogens (tertiary/aromatic N) is 7. The molecule has 30 heavy (non-hydrogen) atoms. The van der Waals surface area contributed by atoms with Crippen molar-refractivity contribution in [3.63, 3.8) is 0 Å². The minimum atomic E-state index is -4.44. The van der Waals surface area contributed by atoms with Gasteiger partial charge in [-0.3, -0.25) is 9.67 Å². The molecule has 5 rings (SSSR count). The van der Waals surface area contributed by atoms with E-state index in [0.29, 0.717) is 34.4 Å². The Balaban J connectivity index is 1.69. The molecule has 0 atom stereocenters. The van der Waals surface area contributed by atoms with Crippen LogP contribution in [0.25, 0.3) is 28.2 Å². The summed E-state index contributed by atoms with van der Waals surface area (Å²) in [5.41, 5.74) is 3.30. The molecule has 0 aromatic carbocycles. The van der Waals surface area contributed by atoms with Crippen molar-refractivity contribution in [1.29, 1.82) is 0 Å². The summed E-state index contributed by atoms with van der Waals surface area (Å²) >= 11 is 0. The van der Waals surface area contributed by atoms with E-state index in [4.69, 9.17) is 4.98 Å². The number of halogens is 3. The Morgan fingerprint density at radius 3 is 2.50 bits per heavy atom. The highest BCUT2D eigenvalue weighted by atomic mass is 19.4. The van der Waals surface area contributed by atoms with E-state index in [1.54, 1.807) is 28.8 Å². The number of aromatic nitrogens is 7. The topological polar surface area (TPSA) is 73.8 Å². The number of rotatable bonds is 3. The van der Waals surface area contributed by atoms with Crippen molar-refractivity contribution in [2.75, 3.05) is 0 Å². The minimum absolute atomic E-state index is 0.356. The molecule has 10 heteroatoms. The zero-order valence-electron chi connectivity index (χ0n) is 16.3. The lowest BCUT2D eigenvalue weighted by Crippen LogP contribution is -2.13. The van der Waals surface area contributed by atoms with Crippen molar-refractivity contribution in [2.45, 2.75) is 38.3 Å². The molecule has 0 bridgehead atoms. The summed E-state index contributed by atoms with van der Waals surface area (Å²) in [6.07, 6.45) is 2.90. The average Bonchev–Trinajstić information content (AvgIpc) is 3.21. The lowest BCUT2D eigenvalue weighted by molar-refractivity contribution is -0.137. The summed E-state index contributed by atoms with van der Waals surface area (Å²) < 4.78 is 42.2. The Morgan fingerprint density at radius 2 is 1.87 bits per heavy atom. The normalized spacial score (nSPS) is 15.0. The van der Waals surface area contributed by atoms with Crippen LogP contribution in [0.15, 0.2) is 30.9 Å². The first kappa shape index (κ1) is 18.7. The van der Waals surface area contributed by atoms with E-state index in [1.165, 1.54) is 6.07 Å². The fraction of sp³-hybridized carbons (Fsp3) is 0.350. The van der Waals surface area contributed by atoms with Gasteiger partial charge in [0.15, 0.2) is 0 Å². The molecule has 4 aromatic heterocycles. The van der Waals surface area contributed by atoms with Gasteiger partial charge in [0, 0.05) is 19.2 Å². The fourth-order valence-electron chi connectivity index (χ4n) is 3.88. The quantitative estimate of drug-likeness (QED) is 0.504. The van der Waals surface area contributed by atoms with Crippen LogP contribution in [0, 0.1) is 6.92 Å². The van der Waals surface area contributed by atoms with Gasteiger partial charge in [-0.25, -0.2) is 14.5 Å². The number of pyridine rings is 1. The van der Waals surface area contributed by atoms with Crippen LogP contribution in [0.2, 0.25) is 0 Å². The molecule has 0 unspecified atom stereocenters. The van der Waals surface area contributed by atoms with E-state index in [1.807, 2.05) is 6.92 Å². The molecule has 0 radical (unpaired) electrons. The number of alkyl halides is 3. The first-order valence-electron chi connectivity index (χ1n) is 9.61. The molecule has 1 fully saturated rings. The summed E-state index contributed by atoms with van der Waals surface area (Å²) in [7, 11) is 1.73. The van der Waals surface area contributed by atoms with Crippen LogP contribution in [-0.4, -0.2) is 34.3 Å². The molecule has 7 nitrogen and oxygen atoms in total. The summed E-state index contributed by atoms with van der Waals surface area (Å²) in [4.78, 5) is 13.3. The van der Waals surface area contributed by atoms with Crippen molar-refractivity contribution >= 4 is 5.52 Å². The average molecular weight is 413 g/mol. The predicted octanol–water partition coefficient (Wildman–Crippen LogP) is 4.18. The molecule has 1 aliphatic carbocycles. The van der Waals surface area contributed by atoms with Crippen molar-refractivity contribution in [2.24, 2.45) is 7.05 Å². The molecule has 0 amide bonds. The molecular formula is C20H18F3N7. The molecule has 1 aliphatic rings. The third-order valence-corrected chi connectivity index (χ3v) is 5.64. The predicted molar refractivity (Wildman–Crippen MR) is 103 cm³/mol. The van der Waals surface area contributed by atoms with Crippen molar-refractivity contribution < 1.29 is 13.2 Å². The van der Waals surface area contributed by atoms with Crippen LogP contribution in [0.4, 0.5) is 13.2 Å². The number of imidazole rings is 1. The molecule has 0 saturated heterocycles. The Labute approximate surface area is 169 Å². The number of fused-ring (bicyclic) bond motifs is 1. The van der Waals surface area contributed by atoms with E-state index >= 15 is 0 Å². The van der Waals surface area contributed by atoms with Crippen LogP contribution in [0.1, 0.15) is 42.3 Å². The van der Waals surface area contributed by atoms with E-state index in [2.05, 4.69) is 20.2 Å². The minimum Gasteiger partial charge on any atom is -0.266 e. The van der Waals surface area contributed by atoms with Gasteiger partial charge in [0.25, 0.3) is 0 Å². The summed E-state index contributed by atoms with van der Waals surface area (Å²) in [6.45, 7) is 1.86. The SMILES string of the molecule is Cc1nc(-c2cnn(C)c2-c2ccc(C(F)(F)F)cn2)c2c(C3CCC3)ncnn12. The molecule has 4 heterocycles. The first-order chi connectivity index (χ1) is 14.3. The van der Waals surface area contributed by atoms with Crippen LogP contribution >= 0.6 is 0 Å². The lowest BCUT2D eigenvalue weighted by atomic mass is 9.82. The summed E-state index contributed by atoms with van der Waals surface area (Å²) in [5.74, 6) is 1.06. The molecule has 0 N–H and O–H groups in total. The highest BCUT2D eigenvalue weighted by molar-refractivity contribution is 5.87. The second kappa shape index (κ2) is 6.61. The van der Waals surface area contributed by atoms with Gasteiger partial charge >= 0.3 is 6.18 Å². The Bertz CT molecular complexity index is 1230. The van der Waals surface area contributed by atoms with E-state index in [-0.39, 0.29) is 0 Å².